The summed E-state index contributed by atoms with van der Waals surface area (Å²) in [5.41, 5.74) is 3.88. The van der Waals surface area contributed by atoms with E-state index in [1.54, 1.807) is 12.3 Å². The second kappa shape index (κ2) is 9.89. The van der Waals surface area contributed by atoms with Crippen LogP contribution in [0.2, 0.25) is 0 Å². The Bertz CT molecular complexity index is 1250. The Morgan fingerprint density at radius 3 is 2.28 bits per heavy atom. The van der Waals surface area contributed by atoms with Crippen LogP contribution in [0.15, 0.2) is 89.5 Å². The molecular weight excluding hydrogens is 484 g/mol. The minimum atomic E-state index is -0.199. The quantitative estimate of drug-likeness (QED) is 0.278. The van der Waals surface area contributed by atoms with Crippen LogP contribution in [-0.2, 0) is 0 Å². The first-order chi connectivity index (χ1) is 15.5. The molecule has 0 bridgehead atoms. The average Bonchev–Trinajstić information content (AvgIpc) is 2.80. The zero-order valence-corrected chi connectivity index (χ0v) is 19.7. The molecular formula is C25H21BrN4OS. The molecule has 1 atom stereocenters. The van der Waals surface area contributed by atoms with E-state index in [-0.39, 0.29) is 11.9 Å². The summed E-state index contributed by atoms with van der Waals surface area (Å²) >= 11 is 8.89. The third-order valence-corrected chi connectivity index (χ3v) is 5.74. The van der Waals surface area contributed by atoms with Gasteiger partial charge >= 0.3 is 0 Å². The van der Waals surface area contributed by atoms with Crippen LogP contribution in [0.5, 0.6) is 0 Å². The van der Waals surface area contributed by atoms with Crippen molar-refractivity contribution in [3.05, 3.63) is 101 Å². The summed E-state index contributed by atoms with van der Waals surface area (Å²) in [7, 11) is 0. The lowest BCUT2D eigenvalue weighted by atomic mass is 10.1. The number of rotatable bonds is 5. The number of para-hydroxylation sites is 1. The van der Waals surface area contributed by atoms with E-state index in [1.165, 1.54) is 0 Å². The van der Waals surface area contributed by atoms with Crippen molar-refractivity contribution < 1.29 is 4.79 Å². The standard InChI is InChI=1S/C25H21BrN4OS/c1-16(17-7-9-19(26)10-8-17)28-25(32)30-21-13-11-20(12-14-21)29-24(31)22-6-2-4-18-5-3-15-27-23(18)22/h2-16H,1H3,(H,29,31)(H2,28,30,32). The summed E-state index contributed by atoms with van der Waals surface area (Å²) in [6, 6.07) is 24.9. The van der Waals surface area contributed by atoms with Crippen molar-refractivity contribution in [2.45, 2.75) is 13.0 Å². The Morgan fingerprint density at radius 1 is 0.906 bits per heavy atom. The number of amides is 1. The lowest BCUT2D eigenvalue weighted by molar-refractivity contribution is 0.102. The molecule has 0 saturated carbocycles. The average molecular weight is 505 g/mol. The first kappa shape index (κ1) is 21.9. The van der Waals surface area contributed by atoms with Gasteiger partial charge in [0.2, 0.25) is 0 Å². The van der Waals surface area contributed by atoms with Crippen LogP contribution in [0.3, 0.4) is 0 Å². The molecule has 4 rings (SSSR count). The zero-order valence-electron chi connectivity index (χ0n) is 17.3. The summed E-state index contributed by atoms with van der Waals surface area (Å²) in [5, 5.41) is 10.8. The Morgan fingerprint density at radius 2 is 1.56 bits per heavy atom. The molecule has 32 heavy (non-hydrogen) atoms. The SMILES string of the molecule is CC(NC(=S)Nc1ccc(NC(=O)c2cccc3cccnc23)cc1)c1ccc(Br)cc1. The molecule has 1 heterocycles. The predicted molar refractivity (Wildman–Crippen MR) is 138 cm³/mol. The number of nitrogens with zero attached hydrogens (tertiary/aromatic N) is 1. The number of thiocarbonyl (C=S) groups is 1. The van der Waals surface area contributed by atoms with E-state index in [0.717, 1.165) is 21.1 Å². The highest BCUT2D eigenvalue weighted by Crippen LogP contribution is 2.20. The Balaban J connectivity index is 1.37. The number of fused-ring (bicyclic) bond motifs is 1. The van der Waals surface area contributed by atoms with Crippen molar-refractivity contribution in [2.75, 3.05) is 10.6 Å². The number of hydrogen-bond donors (Lipinski definition) is 3. The van der Waals surface area contributed by atoms with Crippen LogP contribution < -0.4 is 16.0 Å². The number of pyridine rings is 1. The molecule has 4 aromatic rings. The van der Waals surface area contributed by atoms with E-state index >= 15 is 0 Å². The number of benzene rings is 3. The van der Waals surface area contributed by atoms with Gasteiger partial charge < -0.3 is 16.0 Å². The monoisotopic (exact) mass is 504 g/mol. The van der Waals surface area contributed by atoms with Crippen molar-refractivity contribution >= 4 is 61.4 Å². The Hall–Kier alpha value is -3.29. The smallest absolute Gasteiger partial charge is 0.257 e. The lowest BCUT2D eigenvalue weighted by Gasteiger charge is -2.17. The van der Waals surface area contributed by atoms with Crippen molar-refractivity contribution in [1.82, 2.24) is 10.3 Å². The molecule has 0 spiro atoms. The van der Waals surface area contributed by atoms with Crippen LogP contribution in [0.4, 0.5) is 11.4 Å². The van der Waals surface area contributed by atoms with Crippen molar-refractivity contribution in [1.29, 1.82) is 0 Å². The molecule has 0 aliphatic heterocycles. The van der Waals surface area contributed by atoms with Gasteiger partial charge in [-0.15, -0.1) is 0 Å². The van der Waals surface area contributed by atoms with Crippen LogP contribution in [0, 0.1) is 0 Å². The van der Waals surface area contributed by atoms with Crippen molar-refractivity contribution in [3.8, 4) is 0 Å². The van der Waals surface area contributed by atoms with Gasteiger partial charge in [-0.2, -0.15) is 0 Å². The molecule has 0 aliphatic rings. The van der Waals surface area contributed by atoms with E-state index < -0.39 is 0 Å². The molecule has 1 aromatic heterocycles. The van der Waals surface area contributed by atoms with Crippen molar-refractivity contribution in [2.24, 2.45) is 0 Å². The molecule has 0 aliphatic carbocycles. The van der Waals surface area contributed by atoms with E-state index in [4.69, 9.17) is 12.2 Å². The van der Waals surface area contributed by atoms with Gasteiger partial charge in [-0.25, -0.2) is 0 Å². The van der Waals surface area contributed by atoms with Gasteiger partial charge in [0, 0.05) is 27.4 Å². The fourth-order valence-electron chi connectivity index (χ4n) is 3.32. The largest absolute Gasteiger partial charge is 0.356 e. The van der Waals surface area contributed by atoms with Gasteiger partial charge in [0.15, 0.2) is 5.11 Å². The number of hydrogen-bond acceptors (Lipinski definition) is 3. The summed E-state index contributed by atoms with van der Waals surface area (Å²) in [4.78, 5) is 17.1. The van der Waals surface area contributed by atoms with Gasteiger partial charge in [-0.3, -0.25) is 9.78 Å². The predicted octanol–water partition coefficient (Wildman–Crippen LogP) is 6.30. The Kier molecular flexibility index (Phi) is 6.78. The summed E-state index contributed by atoms with van der Waals surface area (Å²) in [5.74, 6) is -0.199. The molecule has 3 N–H and O–H groups in total. The molecule has 3 aromatic carbocycles. The van der Waals surface area contributed by atoms with E-state index in [0.29, 0.717) is 21.9 Å². The van der Waals surface area contributed by atoms with Gasteiger partial charge in [-0.1, -0.05) is 46.3 Å². The maximum absolute atomic E-state index is 12.8. The molecule has 1 amide bonds. The fraction of sp³-hybridized carbons (Fsp3) is 0.0800. The number of nitrogens with one attached hydrogen (secondary N) is 3. The van der Waals surface area contributed by atoms with Crippen LogP contribution in [-0.4, -0.2) is 16.0 Å². The normalized spacial score (nSPS) is 11.6. The zero-order chi connectivity index (χ0) is 22.5. The lowest BCUT2D eigenvalue weighted by Crippen LogP contribution is -2.30. The van der Waals surface area contributed by atoms with E-state index in [1.807, 2.05) is 72.8 Å². The molecule has 0 fully saturated rings. The topological polar surface area (TPSA) is 66.0 Å². The first-order valence-electron chi connectivity index (χ1n) is 10.1. The molecule has 7 heteroatoms. The fourth-order valence-corrected chi connectivity index (χ4v) is 3.88. The number of halogens is 1. The number of aromatic nitrogens is 1. The van der Waals surface area contributed by atoms with Gasteiger partial charge in [0.1, 0.15) is 0 Å². The van der Waals surface area contributed by atoms with Crippen LogP contribution >= 0.6 is 28.1 Å². The summed E-state index contributed by atoms with van der Waals surface area (Å²) in [6.45, 7) is 2.05. The maximum Gasteiger partial charge on any atom is 0.257 e. The minimum absolute atomic E-state index is 0.0657. The van der Waals surface area contributed by atoms with Crippen LogP contribution in [0.25, 0.3) is 10.9 Å². The highest BCUT2D eigenvalue weighted by atomic mass is 79.9. The summed E-state index contributed by atoms with van der Waals surface area (Å²) < 4.78 is 1.04. The van der Waals surface area contributed by atoms with E-state index in [2.05, 4.69) is 43.8 Å². The number of anilines is 2. The first-order valence-corrected chi connectivity index (χ1v) is 11.3. The second-order valence-electron chi connectivity index (χ2n) is 7.28. The maximum atomic E-state index is 12.8. The highest BCUT2D eigenvalue weighted by molar-refractivity contribution is 9.10. The van der Waals surface area contributed by atoms with Gasteiger partial charge in [-0.05, 0) is 73.2 Å². The van der Waals surface area contributed by atoms with Crippen molar-refractivity contribution in [3.63, 3.8) is 0 Å². The second-order valence-corrected chi connectivity index (χ2v) is 8.61. The Labute approximate surface area is 200 Å². The summed E-state index contributed by atoms with van der Waals surface area (Å²) in [6.07, 6.45) is 1.69. The van der Waals surface area contributed by atoms with E-state index in [9.17, 15) is 4.79 Å². The number of carbonyl (C=O) groups excluding carboxylic acids is 1. The number of carbonyl (C=O) groups is 1. The molecule has 0 radical (unpaired) electrons. The highest BCUT2D eigenvalue weighted by Gasteiger charge is 2.11. The molecule has 0 saturated heterocycles. The molecule has 1 unspecified atom stereocenters. The van der Waals surface area contributed by atoms with Gasteiger partial charge in [0.05, 0.1) is 17.1 Å². The molecule has 160 valence electrons. The molecule has 5 nitrogen and oxygen atoms in total. The third-order valence-electron chi connectivity index (χ3n) is 5.00. The third kappa shape index (κ3) is 5.30. The minimum Gasteiger partial charge on any atom is -0.356 e. The van der Waals surface area contributed by atoms with Gasteiger partial charge in [0.25, 0.3) is 5.91 Å². The van der Waals surface area contributed by atoms with Crippen LogP contribution in [0.1, 0.15) is 28.9 Å².